The van der Waals surface area contributed by atoms with E-state index in [-0.39, 0.29) is 0 Å². The summed E-state index contributed by atoms with van der Waals surface area (Å²) < 4.78 is 2.16. The number of rotatable bonds is 1. The maximum atomic E-state index is 4.72. The normalized spacial score (nSPS) is 11.5. The largest absolute Gasteiger partial charge is 0.290 e. The first-order chi connectivity index (χ1) is 9.72. The molecule has 0 aliphatic carbocycles. The van der Waals surface area contributed by atoms with Crippen molar-refractivity contribution in [2.24, 2.45) is 0 Å². The zero-order chi connectivity index (χ0) is 13.7. The third kappa shape index (κ3) is 1.65. The molecule has 0 aliphatic rings. The van der Waals surface area contributed by atoms with Gasteiger partial charge >= 0.3 is 0 Å². The molecule has 0 atom stereocenters. The van der Waals surface area contributed by atoms with Gasteiger partial charge in [0, 0.05) is 12.4 Å². The van der Waals surface area contributed by atoms with Gasteiger partial charge in [0.2, 0.25) is 0 Å². The molecule has 0 unspecified atom stereocenters. The van der Waals surface area contributed by atoms with Gasteiger partial charge in [-0.15, -0.1) is 0 Å². The molecule has 3 nitrogen and oxygen atoms in total. The standard InChI is InChI=1S/C16H13N3S/c1-10-7-13-14(8-11(10)2)19-9-15(20-16(19)18-13)12-5-3-4-6-17-12/h3-9H,1-2H3. The SMILES string of the molecule is Cc1cc2nc3sc(-c4ccccn4)cn3c2cc1C. The number of thiazole rings is 1. The summed E-state index contributed by atoms with van der Waals surface area (Å²) in [6, 6.07) is 10.3. The average Bonchev–Trinajstić information content (AvgIpc) is 2.99. The van der Waals surface area contributed by atoms with Gasteiger partial charge in [0.15, 0.2) is 4.96 Å². The molecule has 0 N–H and O–H groups in total. The average molecular weight is 279 g/mol. The van der Waals surface area contributed by atoms with E-state index in [1.165, 1.54) is 16.6 Å². The lowest BCUT2D eigenvalue weighted by molar-refractivity contribution is 1.26. The van der Waals surface area contributed by atoms with E-state index in [4.69, 9.17) is 4.98 Å². The zero-order valence-electron chi connectivity index (χ0n) is 11.3. The molecule has 4 aromatic rings. The Kier molecular flexibility index (Phi) is 2.41. The van der Waals surface area contributed by atoms with Crippen molar-refractivity contribution in [1.82, 2.24) is 14.4 Å². The van der Waals surface area contributed by atoms with Crippen molar-refractivity contribution in [3.8, 4) is 10.6 Å². The molecule has 0 fully saturated rings. The molecule has 1 aromatic carbocycles. The molecule has 0 amide bonds. The van der Waals surface area contributed by atoms with Gasteiger partial charge in [-0.2, -0.15) is 0 Å². The lowest BCUT2D eigenvalue weighted by Crippen LogP contribution is -1.83. The molecule has 98 valence electrons. The minimum Gasteiger partial charge on any atom is -0.290 e. The van der Waals surface area contributed by atoms with Crippen LogP contribution in [0.3, 0.4) is 0 Å². The quantitative estimate of drug-likeness (QED) is 0.522. The molecule has 4 heteroatoms. The van der Waals surface area contributed by atoms with Crippen LogP contribution in [0.25, 0.3) is 26.6 Å². The highest BCUT2D eigenvalue weighted by atomic mass is 32.1. The van der Waals surface area contributed by atoms with E-state index in [1.807, 2.05) is 24.4 Å². The third-order valence-electron chi connectivity index (χ3n) is 3.64. The molecule has 3 heterocycles. The Labute approximate surface area is 120 Å². The summed E-state index contributed by atoms with van der Waals surface area (Å²) in [7, 11) is 0. The highest BCUT2D eigenvalue weighted by Crippen LogP contribution is 2.30. The topological polar surface area (TPSA) is 30.2 Å². The molecule has 0 radical (unpaired) electrons. The predicted octanol–water partition coefficient (Wildman–Crippen LogP) is 4.23. The number of pyridine rings is 1. The van der Waals surface area contributed by atoms with Crippen LogP contribution in [0.4, 0.5) is 0 Å². The molecule has 4 rings (SSSR count). The van der Waals surface area contributed by atoms with Crippen LogP contribution in [0, 0.1) is 13.8 Å². The maximum Gasteiger partial charge on any atom is 0.195 e. The summed E-state index contributed by atoms with van der Waals surface area (Å²) in [5.74, 6) is 0. The number of imidazole rings is 1. The fourth-order valence-electron chi connectivity index (χ4n) is 2.39. The first-order valence-electron chi connectivity index (χ1n) is 6.52. The molecule has 0 bridgehead atoms. The van der Waals surface area contributed by atoms with Gasteiger partial charge in [0.05, 0.1) is 21.6 Å². The Bertz CT molecular complexity index is 919. The first kappa shape index (κ1) is 11.6. The Hall–Kier alpha value is -2.20. The van der Waals surface area contributed by atoms with Gasteiger partial charge in [-0.05, 0) is 49.2 Å². The van der Waals surface area contributed by atoms with Gasteiger partial charge in [-0.1, -0.05) is 17.4 Å². The summed E-state index contributed by atoms with van der Waals surface area (Å²) >= 11 is 1.68. The number of aromatic nitrogens is 3. The van der Waals surface area contributed by atoms with E-state index in [9.17, 15) is 0 Å². The lowest BCUT2D eigenvalue weighted by Gasteiger charge is -1.99. The number of fused-ring (bicyclic) bond motifs is 3. The minimum absolute atomic E-state index is 1.000. The van der Waals surface area contributed by atoms with E-state index in [1.54, 1.807) is 11.3 Å². The van der Waals surface area contributed by atoms with Crippen LogP contribution in [-0.2, 0) is 0 Å². The van der Waals surface area contributed by atoms with E-state index in [0.29, 0.717) is 0 Å². The van der Waals surface area contributed by atoms with Gasteiger partial charge in [0.25, 0.3) is 0 Å². The highest BCUT2D eigenvalue weighted by molar-refractivity contribution is 7.20. The number of hydrogen-bond donors (Lipinski definition) is 0. The predicted molar refractivity (Wildman–Crippen MR) is 83.3 cm³/mol. The van der Waals surface area contributed by atoms with Crippen molar-refractivity contribution >= 4 is 27.3 Å². The summed E-state index contributed by atoms with van der Waals surface area (Å²) in [4.78, 5) is 11.3. The Balaban J connectivity index is 1.99. The second kappa shape index (κ2) is 4.15. The molecule has 0 saturated carbocycles. The Morgan fingerprint density at radius 3 is 2.75 bits per heavy atom. The van der Waals surface area contributed by atoms with Crippen LogP contribution < -0.4 is 0 Å². The summed E-state index contributed by atoms with van der Waals surface area (Å²) in [6.07, 6.45) is 3.95. The Morgan fingerprint density at radius 1 is 1.10 bits per heavy atom. The highest BCUT2D eigenvalue weighted by Gasteiger charge is 2.11. The van der Waals surface area contributed by atoms with Crippen LogP contribution in [-0.4, -0.2) is 14.4 Å². The van der Waals surface area contributed by atoms with Crippen LogP contribution in [0.15, 0.2) is 42.7 Å². The van der Waals surface area contributed by atoms with Crippen LogP contribution >= 0.6 is 11.3 Å². The fourth-order valence-corrected chi connectivity index (χ4v) is 3.37. The van der Waals surface area contributed by atoms with Crippen molar-refractivity contribution in [1.29, 1.82) is 0 Å². The van der Waals surface area contributed by atoms with Crippen LogP contribution in [0.5, 0.6) is 0 Å². The fraction of sp³-hybridized carbons (Fsp3) is 0.125. The summed E-state index contributed by atoms with van der Waals surface area (Å²) in [5, 5.41) is 0. The smallest absolute Gasteiger partial charge is 0.195 e. The van der Waals surface area contributed by atoms with E-state index in [2.05, 4.69) is 41.6 Å². The maximum absolute atomic E-state index is 4.72. The monoisotopic (exact) mass is 279 g/mol. The van der Waals surface area contributed by atoms with Crippen LogP contribution in [0.2, 0.25) is 0 Å². The zero-order valence-corrected chi connectivity index (χ0v) is 12.1. The molecule has 0 spiro atoms. The number of hydrogen-bond acceptors (Lipinski definition) is 3. The molecule has 0 saturated heterocycles. The van der Waals surface area contributed by atoms with E-state index >= 15 is 0 Å². The van der Waals surface area contributed by atoms with E-state index < -0.39 is 0 Å². The van der Waals surface area contributed by atoms with Gasteiger partial charge in [0.1, 0.15) is 0 Å². The number of nitrogens with zero attached hydrogens (tertiary/aromatic N) is 3. The second-order valence-electron chi connectivity index (χ2n) is 5.00. The first-order valence-corrected chi connectivity index (χ1v) is 7.34. The lowest BCUT2D eigenvalue weighted by atomic mass is 10.1. The molecule has 3 aromatic heterocycles. The van der Waals surface area contributed by atoms with Gasteiger partial charge in [-0.25, -0.2) is 4.98 Å². The molecule has 0 aliphatic heterocycles. The van der Waals surface area contributed by atoms with Crippen molar-refractivity contribution in [2.75, 3.05) is 0 Å². The van der Waals surface area contributed by atoms with E-state index in [0.717, 1.165) is 21.0 Å². The van der Waals surface area contributed by atoms with Crippen molar-refractivity contribution in [3.05, 3.63) is 53.9 Å². The summed E-state index contributed by atoms with van der Waals surface area (Å²) in [5.41, 5.74) is 5.81. The molecular weight excluding hydrogens is 266 g/mol. The number of aryl methyl sites for hydroxylation is 2. The second-order valence-corrected chi connectivity index (χ2v) is 6.01. The van der Waals surface area contributed by atoms with Crippen molar-refractivity contribution in [3.63, 3.8) is 0 Å². The van der Waals surface area contributed by atoms with Gasteiger partial charge in [-0.3, -0.25) is 9.38 Å². The van der Waals surface area contributed by atoms with Crippen LogP contribution in [0.1, 0.15) is 11.1 Å². The minimum atomic E-state index is 1.000. The van der Waals surface area contributed by atoms with Gasteiger partial charge < -0.3 is 0 Å². The van der Waals surface area contributed by atoms with Crippen molar-refractivity contribution in [2.45, 2.75) is 13.8 Å². The number of benzene rings is 1. The van der Waals surface area contributed by atoms with Crippen molar-refractivity contribution < 1.29 is 0 Å². The third-order valence-corrected chi connectivity index (χ3v) is 4.64. The summed E-state index contributed by atoms with van der Waals surface area (Å²) in [6.45, 7) is 4.27. The molecule has 20 heavy (non-hydrogen) atoms. The Morgan fingerprint density at radius 2 is 1.95 bits per heavy atom. The molecular formula is C16H13N3S.